The Labute approximate surface area is 150 Å². The first-order valence-electron chi connectivity index (χ1n) is 7.57. The number of rotatable bonds is 4. The molecule has 0 unspecified atom stereocenters. The lowest BCUT2D eigenvalue weighted by Crippen LogP contribution is -2.22. The summed E-state index contributed by atoms with van der Waals surface area (Å²) in [7, 11) is 0. The van der Waals surface area contributed by atoms with Crippen LogP contribution in [-0.2, 0) is 11.3 Å². The number of Topliss-reactive ketones (excluding diaryl/α,β-unsaturated/α-hetero) is 1. The van der Waals surface area contributed by atoms with E-state index < -0.39 is 16.4 Å². The summed E-state index contributed by atoms with van der Waals surface area (Å²) in [5.41, 5.74) is 2.74. The number of carbonyl (C=O) groups is 1. The maximum atomic E-state index is 12.4. The summed E-state index contributed by atoms with van der Waals surface area (Å²) in [5, 5.41) is 4.80. The fraction of sp³-hybridized carbons (Fsp3) is 0.167. The topological polar surface area (TPSA) is 34.0 Å². The number of nitrogens with zero attached hydrogens (tertiary/aromatic N) is 1. The summed E-state index contributed by atoms with van der Waals surface area (Å²) in [6, 6.07) is 13.5. The number of allylic oxidation sites excluding steroid dienone is 1. The highest BCUT2D eigenvalue weighted by atomic mass is 79.9. The van der Waals surface area contributed by atoms with Gasteiger partial charge in [0.1, 0.15) is 0 Å². The first-order valence-corrected chi connectivity index (χ1v) is 8.37. The smallest absolute Gasteiger partial charge is 0.360 e. The van der Waals surface area contributed by atoms with E-state index in [0.717, 1.165) is 34.6 Å². The number of ketones is 1. The van der Waals surface area contributed by atoms with E-state index >= 15 is 0 Å². The molecule has 1 aromatic heterocycles. The van der Waals surface area contributed by atoms with Crippen molar-refractivity contribution < 1.29 is 18.0 Å². The predicted octanol–water partition coefficient (Wildman–Crippen LogP) is 5.59. The van der Waals surface area contributed by atoms with Crippen LogP contribution in [-0.4, -0.2) is 16.5 Å². The second kappa shape index (κ2) is 6.55. The molecule has 0 saturated carbocycles. The van der Waals surface area contributed by atoms with Gasteiger partial charge in [0.25, 0.3) is 5.78 Å². The Balaban J connectivity index is 2.00. The number of aryl methyl sites for hydroxylation is 1. The van der Waals surface area contributed by atoms with Gasteiger partial charge in [-0.3, -0.25) is 4.79 Å². The Morgan fingerprint density at radius 2 is 1.84 bits per heavy atom. The third-order valence-electron chi connectivity index (χ3n) is 3.93. The quantitative estimate of drug-likeness (QED) is 0.568. The van der Waals surface area contributed by atoms with Crippen LogP contribution in [0.15, 0.2) is 53.1 Å². The van der Waals surface area contributed by atoms with Gasteiger partial charge in [0.05, 0.1) is 4.48 Å². The normalized spacial score (nSPS) is 12.8. The molecule has 1 heterocycles. The van der Waals surface area contributed by atoms with Gasteiger partial charge in [0.15, 0.2) is 0 Å². The average molecular weight is 411 g/mol. The van der Waals surface area contributed by atoms with Gasteiger partial charge >= 0.3 is 6.18 Å². The average Bonchev–Trinajstić information content (AvgIpc) is 2.91. The summed E-state index contributed by atoms with van der Waals surface area (Å²) in [6.07, 6.45) is -3.90. The minimum Gasteiger partial charge on any atom is -0.360 e. The summed E-state index contributed by atoms with van der Waals surface area (Å²) >= 11 is 2.67. The van der Waals surface area contributed by atoms with E-state index in [4.69, 9.17) is 0 Å². The van der Waals surface area contributed by atoms with Crippen LogP contribution in [0.2, 0.25) is 0 Å². The number of halogens is 4. The van der Waals surface area contributed by atoms with Gasteiger partial charge in [0.2, 0.25) is 0 Å². The summed E-state index contributed by atoms with van der Waals surface area (Å²) in [4.78, 5) is 11.1. The van der Waals surface area contributed by atoms with E-state index in [9.17, 15) is 18.0 Å². The first-order chi connectivity index (χ1) is 11.8. The molecule has 1 N–H and O–H groups in total. The van der Waals surface area contributed by atoms with Crippen molar-refractivity contribution in [1.29, 1.82) is 0 Å². The van der Waals surface area contributed by atoms with Crippen LogP contribution in [0.1, 0.15) is 6.92 Å². The maximum absolute atomic E-state index is 12.4. The van der Waals surface area contributed by atoms with E-state index in [2.05, 4.69) is 32.7 Å². The van der Waals surface area contributed by atoms with E-state index in [1.807, 2.05) is 36.4 Å². The minimum atomic E-state index is -4.91. The van der Waals surface area contributed by atoms with Crippen LogP contribution in [0.3, 0.4) is 0 Å². The van der Waals surface area contributed by atoms with E-state index in [1.165, 1.54) is 0 Å². The Kier molecular flexibility index (Phi) is 4.60. The van der Waals surface area contributed by atoms with Crippen molar-refractivity contribution in [3.05, 3.63) is 53.1 Å². The molecule has 25 heavy (non-hydrogen) atoms. The summed E-state index contributed by atoms with van der Waals surface area (Å²) in [5.74, 6) is -1.93. The lowest BCUT2D eigenvalue weighted by molar-refractivity contribution is -0.165. The zero-order valence-electron chi connectivity index (χ0n) is 13.2. The highest BCUT2D eigenvalue weighted by Crippen LogP contribution is 2.31. The highest BCUT2D eigenvalue weighted by molar-refractivity contribution is 9.12. The molecule has 0 fully saturated rings. The third-order valence-corrected chi connectivity index (χ3v) is 4.52. The molecule has 3 aromatic rings. The van der Waals surface area contributed by atoms with Gasteiger partial charge in [-0.2, -0.15) is 13.2 Å². The Hall–Kier alpha value is -2.28. The zero-order chi connectivity index (χ0) is 18.2. The van der Waals surface area contributed by atoms with Gasteiger partial charge < -0.3 is 9.88 Å². The number of anilines is 1. The van der Waals surface area contributed by atoms with E-state index in [0.29, 0.717) is 5.69 Å². The SMILES string of the molecule is CCn1c2ccccc2c2cc(NC=C(Br)C(=O)C(F)(F)F)ccc21. The van der Waals surface area contributed by atoms with Crippen LogP contribution in [0, 0.1) is 0 Å². The number of benzene rings is 2. The molecule has 130 valence electrons. The monoisotopic (exact) mass is 410 g/mol. The zero-order valence-corrected chi connectivity index (χ0v) is 14.8. The number of nitrogens with one attached hydrogen (secondary N) is 1. The van der Waals surface area contributed by atoms with Crippen molar-refractivity contribution in [2.75, 3.05) is 5.32 Å². The molecule has 0 bridgehead atoms. The van der Waals surface area contributed by atoms with Crippen LogP contribution in [0.5, 0.6) is 0 Å². The number of aromatic nitrogens is 1. The molecule has 7 heteroatoms. The fourth-order valence-corrected chi connectivity index (χ4v) is 3.17. The van der Waals surface area contributed by atoms with Crippen molar-refractivity contribution in [1.82, 2.24) is 4.57 Å². The number of para-hydroxylation sites is 1. The van der Waals surface area contributed by atoms with Crippen LogP contribution < -0.4 is 5.32 Å². The van der Waals surface area contributed by atoms with Crippen molar-refractivity contribution in [2.45, 2.75) is 19.6 Å². The van der Waals surface area contributed by atoms with Crippen LogP contribution in [0.4, 0.5) is 18.9 Å². The molecule has 0 amide bonds. The third kappa shape index (κ3) is 3.28. The van der Waals surface area contributed by atoms with E-state index in [-0.39, 0.29) is 0 Å². The summed E-state index contributed by atoms with van der Waals surface area (Å²) < 4.78 is 38.8. The lowest BCUT2D eigenvalue weighted by Gasteiger charge is -2.06. The van der Waals surface area contributed by atoms with Crippen molar-refractivity contribution >= 4 is 49.2 Å². The van der Waals surface area contributed by atoms with Crippen molar-refractivity contribution in [3.8, 4) is 0 Å². The minimum absolute atomic E-state index is 0.573. The number of fused-ring (bicyclic) bond motifs is 3. The van der Waals surface area contributed by atoms with Crippen LogP contribution in [0.25, 0.3) is 21.8 Å². The Morgan fingerprint density at radius 1 is 1.16 bits per heavy atom. The molecule has 3 nitrogen and oxygen atoms in total. The summed E-state index contributed by atoms with van der Waals surface area (Å²) in [6.45, 7) is 2.86. The van der Waals surface area contributed by atoms with Gasteiger partial charge in [-0.25, -0.2) is 0 Å². The largest absolute Gasteiger partial charge is 0.455 e. The van der Waals surface area contributed by atoms with Crippen molar-refractivity contribution in [3.63, 3.8) is 0 Å². The Morgan fingerprint density at radius 3 is 2.52 bits per heavy atom. The highest BCUT2D eigenvalue weighted by Gasteiger charge is 2.39. The number of hydrogen-bond acceptors (Lipinski definition) is 2. The fourth-order valence-electron chi connectivity index (χ4n) is 2.83. The first kappa shape index (κ1) is 17.5. The molecule has 0 aliphatic rings. The van der Waals surface area contributed by atoms with Gasteiger partial charge in [-0.15, -0.1) is 0 Å². The molecule has 0 aliphatic heterocycles. The van der Waals surface area contributed by atoms with E-state index in [1.54, 1.807) is 6.07 Å². The molecule has 0 atom stereocenters. The lowest BCUT2D eigenvalue weighted by atomic mass is 10.1. The maximum Gasteiger partial charge on any atom is 0.455 e. The predicted molar refractivity (Wildman–Crippen MR) is 96.8 cm³/mol. The molecule has 3 rings (SSSR count). The van der Waals surface area contributed by atoms with Gasteiger partial charge in [0, 0.05) is 40.2 Å². The molecular formula is C18H14BrF3N2O. The number of alkyl halides is 3. The second-order valence-electron chi connectivity index (χ2n) is 5.46. The van der Waals surface area contributed by atoms with Crippen molar-refractivity contribution in [2.24, 2.45) is 0 Å². The number of carbonyl (C=O) groups excluding carboxylic acids is 1. The standard InChI is InChI=1S/C18H14BrF3N2O/c1-2-24-15-6-4-3-5-12(15)13-9-11(7-8-16(13)24)23-10-14(19)17(25)18(20,21)22/h3-10,23H,2H2,1H3. The second-order valence-corrected chi connectivity index (χ2v) is 6.31. The molecule has 2 aromatic carbocycles. The van der Waals surface area contributed by atoms with Gasteiger partial charge in [-0.05, 0) is 47.1 Å². The molecular weight excluding hydrogens is 397 g/mol. The molecule has 0 saturated heterocycles. The molecule has 0 aliphatic carbocycles. The Bertz CT molecular complexity index is 989. The molecule has 0 radical (unpaired) electrons. The van der Waals surface area contributed by atoms with Gasteiger partial charge in [-0.1, -0.05) is 18.2 Å². The molecule has 0 spiro atoms. The number of hydrogen-bond donors (Lipinski definition) is 1. The van der Waals surface area contributed by atoms with Crippen LogP contribution >= 0.6 is 15.9 Å².